The van der Waals surface area contributed by atoms with E-state index < -0.39 is 0 Å². The van der Waals surface area contributed by atoms with E-state index in [2.05, 4.69) is 20.9 Å². The highest BCUT2D eigenvalue weighted by atomic mass is 79.9. The molecule has 1 saturated heterocycles. The Morgan fingerprint density at radius 3 is 2.94 bits per heavy atom. The minimum absolute atomic E-state index is 0.0703. The van der Waals surface area contributed by atoms with Crippen molar-refractivity contribution in [1.82, 2.24) is 9.88 Å². The van der Waals surface area contributed by atoms with Gasteiger partial charge in [-0.05, 0) is 18.9 Å². The predicted molar refractivity (Wildman–Crippen MR) is 74.1 cm³/mol. The van der Waals surface area contributed by atoms with Crippen LogP contribution in [0.15, 0.2) is 23.0 Å². The lowest BCUT2D eigenvalue weighted by molar-refractivity contribution is 0.0696. The van der Waals surface area contributed by atoms with Gasteiger partial charge >= 0.3 is 0 Å². The van der Waals surface area contributed by atoms with Crippen LogP contribution in [-0.4, -0.2) is 33.7 Å². The molecule has 1 fully saturated rings. The summed E-state index contributed by atoms with van der Waals surface area (Å²) in [7, 11) is 0. The zero-order valence-electron chi connectivity index (χ0n) is 10.2. The number of likely N-dealkylation sites (tertiary alicyclic amines) is 1. The standard InChI is InChI=1S/C13H17BrN2O2/c14-9-10-5-2-1-3-8-16(10)13(18)11-6-4-7-12(17)15-11/h4,6-7,10H,1-3,5,8-9H2,(H,15,17). The monoisotopic (exact) mass is 312 g/mol. The Morgan fingerprint density at radius 2 is 2.22 bits per heavy atom. The molecule has 2 heterocycles. The van der Waals surface area contributed by atoms with Gasteiger partial charge in [-0.25, -0.2) is 0 Å². The highest BCUT2D eigenvalue weighted by Crippen LogP contribution is 2.19. The maximum Gasteiger partial charge on any atom is 0.270 e. The van der Waals surface area contributed by atoms with Crippen LogP contribution in [0.3, 0.4) is 0 Å². The first-order chi connectivity index (χ1) is 8.72. The summed E-state index contributed by atoms with van der Waals surface area (Å²) >= 11 is 3.48. The molecule has 1 N–H and O–H groups in total. The molecule has 1 aromatic rings. The lowest BCUT2D eigenvalue weighted by atomic mass is 10.1. The number of aromatic amines is 1. The van der Waals surface area contributed by atoms with Gasteiger partial charge in [0.2, 0.25) is 5.56 Å². The van der Waals surface area contributed by atoms with Gasteiger partial charge in [-0.1, -0.05) is 34.8 Å². The number of hydrogen-bond donors (Lipinski definition) is 1. The average molecular weight is 313 g/mol. The van der Waals surface area contributed by atoms with E-state index in [1.807, 2.05) is 4.90 Å². The minimum Gasteiger partial charge on any atom is -0.334 e. The summed E-state index contributed by atoms with van der Waals surface area (Å²) in [4.78, 5) is 28.2. The lowest BCUT2D eigenvalue weighted by Crippen LogP contribution is -2.41. The zero-order chi connectivity index (χ0) is 13.0. The molecule has 0 saturated carbocycles. The van der Waals surface area contributed by atoms with Crippen LogP contribution < -0.4 is 5.56 Å². The topological polar surface area (TPSA) is 53.2 Å². The van der Waals surface area contributed by atoms with Crippen molar-refractivity contribution in [2.75, 3.05) is 11.9 Å². The molecule has 18 heavy (non-hydrogen) atoms. The fraction of sp³-hybridized carbons (Fsp3) is 0.538. The molecule has 0 bridgehead atoms. The first-order valence-corrected chi connectivity index (χ1v) is 7.41. The Labute approximate surface area is 115 Å². The average Bonchev–Trinajstić information content (AvgIpc) is 2.62. The molecule has 0 radical (unpaired) electrons. The Hall–Kier alpha value is -1.10. The molecular formula is C13H17BrN2O2. The predicted octanol–water partition coefficient (Wildman–Crippen LogP) is 2.15. The number of carbonyl (C=O) groups excluding carboxylic acids is 1. The molecule has 0 aliphatic carbocycles. The second-order valence-corrected chi connectivity index (χ2v) is 5.23. The molecule has 0 spiro atoms. The van der Waals surface area contributed by atoms with Crippen molar-refractivity contribution in [3.63, 3.8) is 0 Å². The Morgan fingerprint density at radius 1 is 1.39 bits per heavy atom. The van der Waals surface area contributed by atoms with Gasteiger partial charge in [0, 0.05) is 24.0 Å². The van der Waals surface area contributed by atoms with E-state index in [1.165, 1.54) is 12.5 Å². The van der Waals surface area contributed by atoms with E-state index in [-0.39, 0.29) is 17.5 Å². The Bertz CT molecular complexity index is 472. The van der Waals surface area contributed by atoms with E-state index >= 15 is 0 Å². The molecular weight excluding hydrogens is 296 g/mol. The minimum atomic E-state index is -0.230. The summed E-state index contributed by atoms with van der Waals surface area (Å²) in [6.07, 6.45) is 4.38. The summed E-state index contributed by atoms with van der Waals surface area (Å²) in [6.45, 7) is 0.770. The number of rotatable bonds is 2. The molecule has 1 aromatic heterocycles. The smallest absolute Gasteiger partial charge is 0.270 e. The molecule has 2 rings (SSSR count). The number of alkyl halides is 1. The Balaban J connectivity index is 2.22. The van der Waals surface area contributed by atoms with Gasteiger partial charge in [0.05, 0.1) is 0 Å². The highest BCUT2D eigenvalue weighted by molar-refractivity contribution is 9.09. The van der Waals surface area contributed by atoms with Gasteiger partial charge in [0.25, 0.3) is 5.91 Å². The van der Waals surface area contributed by atoms with Crippen LogP contribution in [0, 0.1) is 0 Å². The second-order valence-electron chi connectivity index (χ2n) is 4.58. The number of halogens is 1. The molecule has 1 unspecified atom stereocenters. The van der Waals surface area contributed by atoms with E-state index in [0.717, 1.165) is 31.1 Å². The Kier molecular flexibility index (Phi) is 4.58. The SMILES string of the molecule is O=C(c1cccc(=O)[nH]1)N1CCCCCC1CBr. The maximum atomic E-state index is 12.4. The number of hydrogen-bond acceptors (Lipinski definition) is 2. The summed E-state index contributed by atoms with van der Waals surface area (Å²) < 4.78 is 0. The first kappa shape index (κ1) is 13.3. The second kappa shape index (κ2) is 6.18. The van der Waals surface area contributed by atoms with E-state index in [1.54, 1.807) is 12.1 Å². The summed E-state index contributed by atoms with van der Waals surface area (Å²) in [6, 6.07) is 4.93. The third-order valence-corrected chi connectivity index (χ3v) is 4.06. The van der Waals surface area contributed by atoms with E-state index in [0.29, 0.717) is 5.69 Å². The first-order valence-electron chi connectivity index (χ1n) is 6.28. The molecule has 1 atom stereocenters. The maximum absolute atomic E-state index is 12.4. The van der Waals surface area contributed by atoms with Gasteiger partial charge in [0.15, 0.2) is 0 Å². The van der Waals surface area contributed by atoms with Crippen LogP contribution in [0.25, 0.3) is 0 Å². The largest absolute Gasteiger partial charge is 0.334 e. The van der Waals surface area contributed by atoms with Gasteiger partial charge in [-0.2, -0.15) is 0 Å². The van der Waals surface area contributed by atoms with Gasteiger partial charge in [0.1, 0.15) is 5.69 Å². The van der Waals surface area contributed by atoms with Crippen LogP contribution in [-0.2, 0) is 0 Å². The molecule has 1 aliphatic heterocycles. The molecule has 1 amide bonds. The summed E-state index contributed by atoms with van der Waals surface area (Å²) in [5.41, 5.74) is 0.154. The van der Waals surface area contributed by atoms with Crippen LogP contribution in [0.2, 0.25) is 0 Å². The molecule has 1 aliphatic rings. The van der Waals surface area contributed by atoms with Crippen molar-refractivity contribution in [3.8, 4) is 0 Å². The molecule has 5 heteroatoms. The van der Waals surface area contributed by atoms with Gasteiger partial charge < -0.3 is 9.88 Å². The quantitative estimate of drug-likeness (QED) is 0.851. The number of nitrogens with one attached hydrogen (secondary N) is 1. The fourth-order valence-electron chi connectivity index (χ4n) is 2.33. The molecule has 98 valence electrons. The number of pyridine rings is 1. The van der Waals surface area contributed by atoms with E-state index in [9.17, 15) is 9.59 Å². The van der Waals surface area contributed by atoms with Crippen molar-refractivity contribution in [2.24, 2.45) is 0 Å². The normalized spacial score (nSPS) is 20.5. The van der Waals surface area contributed by atoms with Gasteiger partial charge in [-0.3, -0.25) is 9.59 Å². The number of nitrogens with zero attached hydrogens (tertiary/aromatic N) is 1. The van der Waals surface area contributed by atoms with Crippen molar-refractivity contribution < 1.29 is 4.79 Å². The van der Waals surface area contributed by atoms with Crippen molar-refractivity contribution in [3.05, 3.63) is 34.2 Å². The number of aromatic nitrogens is 1. The lowest BCUT2D eigenvalue weighted by Gasteiger charge is -2.28. The van der Waals surface area contributed by atoms with Gasteiger partial charge in [-0.15, -0.1) is 0 Å². The molecule has 0 aromatic carbocycles. The van der Waals surface area contributed by atoms with Crippen molar-refractivity contribution in [1.29, 1.82) is 0 Å². The van der Waals surface area contributed by atoms with Crippen LogP contribution in [0.5, 0.6) is 0 Å². The number of H-pyrrole nitrogens is 1. The van der Waals surface area contributed by atoms with Crippen LogP contribution in [0.1, 0.15) is 36.2 Å². The summed E-state index contributed by atoms with van der Waals surface area (Å²) in [5.74, 6) is -0.0703. The van der Waals surface area contributed by atoms with Crippen LogP contribution >= 0.6 is 15.9 Å². The van der Waals surface area contributed by atoms with E-state index in [4.69, 9.17) is 0 Å². The third-order valence-electron chi connectivity index (χ3n) is 3.31. The zero-order valence-corrected chi connectivity index (χ0v) is 11.8. The molecule has 4 nitrogen and oxygen atoms in total. The third kappa shape index (κ3) is 3.02. The fourth-order valence-corrected chi connectivity index (χ4v) is 3.01. The van der Waals surface area contributed by atoms with Crippen molar-refractivity contribution >= 4 is 21.8 Å². The van der Waals surface area contributed by atoms with Crippen LogP contribution in [0.4, 0.5) is 0 Å². The highest BCUT2D eigenvalue weighted by Gasteiger charge is 2.25. The van der Waals surface area contributed by atoms with Crippen molar-refractivity contribution in [2.45, 2.75) is 31.7 Å². The summed E-state index contributed by atoms with van der Waals surface area (Å²) in [5, 5.41) is 0.788. The number of carbonyl (C=O) groups is 1. The number of amides is 1.